The molecule has 1 aromatic heterocycles. The number of H-pyrrole nitrogens is 1. The number of ether oxygens (including phenoxy) is 1. The Morgan fingerprint density at radius 2 is 2.12 bits per heavy atom. The summed E-state index contributed by atoms with van der Waals surface area (Å²) in [5.74, 6) is -0.162. The molecule has 0 saturated heterocycles. The van der Waals surface area contributed by atoms with Crippen molar-refractivity contribution in [3.8, 4) is 0 Å². The molecule has 1 aliphatic carbocycles. The van der Waals surface area contributed by atoms with Gasteiger partial charge in [-0.1, -0.05) is 19.3 Å². The van der Waals surface area contributed by atoms with E-state index in [4.69, 9.17) is 17.0 Å². The molecule has 2 N–H and O–H groups in total. The maximum atomic E-state index is 12.3. The maximum absolute atomic E-state index is 12.3. The maximum Gasteiger partial charge on any atom is 0.261 e. The molecule has 1 aromatic carbocycles. The number of rotatable bonds is 6. The summed E-state index contributed by atoms with van der Waals surface area (Å²) >= 11 is 5.12. The molecule has 2 aromatic rings. The van der Waals surface area contributed by atoms with Crippen molar-refractivity contribution < 1.29 is 9.53 Å². The first kappa shape index (κ1) is 18.8. The first-order valence-corrected chi connectivity index (χ1v) is 9.60. The Morgan fingerprint density at radius 3 is 2.88 bits per heavy atom. The Bertz CT molecular complexity index is 897. The second kappa shape index (κ2) is 8.60. The highest BCUT2D eigenvalue weighted by molar-refractivity contribution is 7.71. The molecule has 7 heteroatoms. The van der Waals surface area contributed by atoms with E-state index in [9.17, 15) is 9.59 Å². The molecule has 0 atom stereocenters. The van der Waals surface area contributed by atoms with E-state index in [0.717, 1.165) is 19.3 Å². The Balaban J connectivity index is 1.53. The summed E-state index contributed by atoms with van der Waals surface area (Å²) in [7, 11) is 1.62. The minimum atomic E-state index is -0.171. The molecular formula is C19H25N3O3S. The van der Waals surface area contributed by atoms with Gasteiger partial charge in [-0.25, -0.2) is 0 Å². The number of amides is 1. The van der Waals surface area contributed by atoms with E-state index in [1.54, 1.807) is 25.2 Å². The van der Waals surface area contributed by atoms with Crippen LogP contribution in [0.3, 0.4) is 0 Å². The summed E-state index contributed by atoms with van der Waals surface area (Å²) in [4.78, 5) is 27.5. The number of hydrogen-bond donors (Lipinski definition) is 2. The van der Waals surface area contributed by atoms with E-state index in [1.165, 1.54) is 23.8 Å². The minimum absolute atomic E-state index is 0.162. The summed E-state index contributed by atoms with van der Waals surface area (Å²) in [6.07, 6.45) is 7.34. The number of aromatic nitrogens is 2. The van der Waals surface area contributed by atoms with Gasteiger partial charge in [0.15, 0.2) is 4.77 Å². The molecule has 1 heterocycles. The van der Waals surface area contributed by atoms with Gasteiger partial charge in [0.25, 0.3) is 11.5 Å². The highest BCUT2D eigenvalue weighted by atomic mass is 32.1. The van der Waals surface area contributed by atoms with E-state index >= 15 is 0 Å². The number of carbonyl (C=O) groups excluding carboxylic acids is 1. The molecule has 0 bridgehead atoms. The second-order valence-electron chi connectivity index (χ2n) is 6.79. The van der Waals surface area contributed by atoms with Crippen molar-refractivity contribution in [3.63, 3.8) is 0 Å². The lowest BCUT2D eigenvalue weighted by molar-refractivity contribution is 0.0273. The predicted molar refractivity (Wildman–Crippen MR) is 104 cm³/mol. The molecule has 0 spiro atoms. The molecule has 3 rings (SSSR count). The van der Waals surface area contributed by atoms with Crippen LogP contribution >= 0.6 is 12.2 Å². The fourth-order valence-electron chi connectivity index (χ4n) is 3.31. The van der Waals surface area contributed by atoms with Gasteiger partial charge in [-0.3, -0.25) is 14.2 Å². The van der Waals surface area contributed by atoms with Crippen molar-refractivity contribution in [1.29, 1.82) is 0 Å². The SMILES string of the molecule is Cn1c(=S)[nH]c2cc(C(=O)NCCCOC3CCCCC3)ccc2c1=O. The van der Waals surface area contributed by atoms with Crippen LogP contribution in [0.25, 0.3) is 10.9 Å². The lowest BCUT2D eigenvalue weighted by Gasteiger charge is -2.21. The lowest BCUT2D eigenvalue weighted by Crippen LogP contribution is -2.26. The van der Waals surface area contributed by atoms with Gasteiger partial charge >= 0.3 is 0 Å². The number of benzene rings is 1. The number of nitrogens with zero attached hydrogens (tertiary/aromatic N) is 1. The van der Waals surface area contributed by atoms with Crippen LogP contribution in [-0.2, 0) is 11.8 Å². The van der Waals surface area contributed by atoms with Crippen molar-refractivity contribution in [1.82, 2.24) is 14.9 Å². The quantitative estimate of drug-likeness (QED) is 0.601. The van der Waals surface area contributed by atoms with Crippen molar-refractivity contribution in [2.75, 3.05) is 13.2 Å². The number of hydrogen-bond acceptors (Lipinski definition) is 4. The van der Waals surface area contributed by atoms with Gasteiger partial charge in [0.05, 0.1) is 17.0 Å². The number of carbonyl (C=O) groups is 1. The van der Waals surface area contributed by atoms with Gasteiger partial charge < -0.3 is 15.0 Å². The molecule has 1 fully saturated rings. The van der Waals surface area contributed by atoms with Crippen molar-refractivity contribution in [2.24, 2.45) is 7.05 Å². The molecule has 1 amide bonds. The summed E-state index contributed by atoms with van der Waals surface area (Å²) in [5.41, 5.74) is 0.909. The Kier molecular flexibility index (Phi) is 6.21. The van der Waals surface area contributed by atoms with Gasteiger partial charge in [0.2, 0.25) is 0 Å². The molecule has 1 saturated carbocycles. The molecule has 0 radical (unpaired) electrons. The van der Waals surface area contributed by atoms with Gasteiger partial charge in [0.1, 0.15) is 0 Å². The van der Waals surface area contributed by atoms with Crippen molar-refractivity contribution >= 4 is 29.0 Å². The molecule has 26 heavy (non-hydrogen) atoms. The second-order valence-corrected chi connectivity index (χ2v) is 7.18. The fourth-order valence-corrected chi connectivity index (χ4v) is 3.50. The van der Waals surface area contributed by atoms with Crippen molar-refractivity contribution in [2.45, 2.75) is 44.6 Å². The molecule has 0 aliphatic heterocycles. The monoisotopic (exact) mass is 375 g/mol. The van der Waals surface area contributed by atoms with Gasteiger partial charge in [-0.2, -0.15) is 0 Å². The van der Waals surface area contributed by atoms with Crippen LogP contribution < -0.4 is 10.9 Å². The van der Waals surface area contributed by atoms with Crippen LogP contribution in [0.5, 0.6) is 0 Å². The summed E-state index contributed by atoms with van der Waals surface area (Å²) < 4.78 is 7.57. The average molecular weight is 375 g/mol. The zero-order chi connectivity index (χ0) is 18.5. The lowest BCUT2D eigenvalue weighted by atomic mass is 9.98. The standard InChI is InChI=1S/C19H25N3O3S/c1-22-18(24)15-9-8-13(12-16(15)21-19(22)26)17(23)20-10-5-11-25-14-6-3-2-4-7-14/h8-9,12,14H,2-7,10-11H2,1H3,(H,20,23)(H,21,26). The summed E-state index contributed by atoms with van der Waals surface area (Å²) in [6.45, 7) is 1.24. The van der Waals surface area contributed by atoms with E-state index in [2.05, 4.69) is 10.3 Å². The first-order chi connectivity index (χ1) is 12.6. The third-order valence-electron chi connectivity index (χ3n) is 4.88. The topological polar surface area (TPSA) is 76.1 Å². The number of aromatic amines is 1. The van der Waals surface area contributed by atoms with E-state index in [0.29, 0.717) is 40.5 Å². The zero-order valence-corrected chi connectivity index (χ0v) is 15.9. The van der Waals surface area contributed by atoms with Gasteiger partial charge in [-0.05, 0) is 49.7 Å². The predicted octanol–water partition coefficient (Wildman–Crippen LogP) is 3.07. The molecule has 1 aliphatic rings. The third kappa shape index (κ3) is 4.40. The van der Waals surface area contributed by atoms with E-state index < -0.39 is 0 Å². The van der Waals surface area contributed by atoms with Crippen LogP contribution in [0.1, 0.15) is 48.9 Å². The minimum Gasteiger partial charge on any atom is -0.378 e. The Labute approximate surface area is 157 Å². The van der Waals surface area contributed by atoms with Crippen LogP contribution in [0, 0.1) is 4.77 Å². The number of fused-ring (bicyclic) bond motifs is 1. The van der Waals surface area contributed by atoms with E-state index in [-0.39, 0.29) is 11.5 Å². The third-order valence-corrected chi connectivity index (χ3v) is 5.25. The first-order valence-electron chi connectivity index (χ1n) is 9.19. The summed E-state index contributed by atoms with van der Waals surface area (Å²) in [6, 6.07) is 4.99. The van der Waals surface area contributed by atoms with Crippen LogP contribution in [0.15, 0.2) is 23.0 Å². The van der Waals surface area contributed by atoms with Crippen LogP contribution in [-0.4, -0.2) is 34.7 Å². The molecular weight excluding hydrogens is 350 g/mol. The highest BCUT2D eigenvalue weighted by Crippen LogP contribution is 2.20. The van der Waals surface area contributed by atoms with Gasteiger partial charge in [-0.15, -0.1) is 0 Å². The molecule has 140 valence electrons. The average Bonchev–Trinajstić information content (AvgIpc) is 2.66. The Hall–Kier alpha value is -1.99. The highest BCUT2D eigenvalue weighted by Gasteiger charge is 2.13. The van der Waals surface area contributed by atoms with Crippen molar-refractivity contribution in [3.05, 3.63) is 38.9 Å². The van der Waals surface area contributed by atoms with Crippen LogP contribution in [0.2, 0.25) is 0 Å². The number of nitrogens with one attached hydrogen (secondary N) is 2. The largest absolute Gasteiger partial charge is 0.378 e. The summed E-state index contributed by atoms with van der Waals surface area (Å²) in [5, 5.41) is 3.41. The normalized spacial score (nSPS) is 15.3. The Morgan fingerprint density at radius 1 is 1.35 bits per heavy atom. The van der Waals surface area contributed by atoms with Gasteiger partial charge in [0, 0.05) is 25.8 Å². The molecule has 6 nitrogen and oxygen atoms in total. The molecule has 0 unspecified atom stereocenters. The van der Waals surface area contributed by atoms with Crippen LogP contribution in [0.4, 0.5) is 0 Å². The fraction of sp³-hybridized carbons (Fsp3) is 0.526. The zero-order valence-electron chi connectivity index (χ0n) is 15.0. The smallest absolute Gasteiger partial charge is 0.261 e. The van der Waals surface area contributed by atoms with E-state index in [1.807, 2.05) is 0 Å².